The fraction of sp³-hybridized carbons (Fsp3) is 0.444. The summed E-state index contributed by atoms with van der Waals surface area (Å²) in [6.45, 7) is 4.53. The van der Waals surface area contributed by atoms with Crippen molar-refractivity contribution in [3.05, 3.63) is 48.0 Å². The highest BCUT2D eigenvalue weighted by Gasteiger charge is 2.57. The van der Waals surface area contributed by atoms with E-state index in [4.69, 9.17) is 4.74 Å². The van der Waals surface area contributed by atoms with Gasteiger partial charge in [-0.25, -0.2) is 0 Å². The number of benzene rings is 1. The van der Waals surface area contributed by atoms with Gasteiger partial charge in [0.2, 0.25) is 5.91 Å². The van der Waals surface area contributed by atoms with Crippen molar-refractivity contribution in [2.45, 2.75) is 37.1 Å². The van der Waals surface area contributed by atoms with Gasteiger partial charge in [-0.15, -0.1) is 0 Å². The van der Waals surface area contributed by atoms with Crippen LogP contribution in [0.15, 0.2) is 42.5 Å². The van der Waals surface area contributed by atoms with Crippen LogP contribution in [0.25, 0.3) is 0 Å². The summed E-state index contributed by atoms with van der Waals surface area (Å²) >= 11 is 3.62. The Morgan fingerprint density at radius 2 is 2.04 bits per heavy atom. The number of alkyl halides is 1. The number of amides is 1. The van der Waals surface area contributed by atoms with Crippen LogP contribution < -0.4 is 0 Å². The van der Waals surface area contributed by atoms with Crippen molar-refractivity contribution >= 4 is 27.8 Å². The quantitative estimate of drug-likeness (QED) is 0.314. The van der Waals surface area contributed by atoms with Gasteiger partial charge < -0.3 is 9.64 Å². The first-order valence-corrected chi connectivity index (χ1v) is 8.72. The maximum Gasteiger partial charge on any atom is 0.307 e. The van der Waals surface area contributed by atoms with Crippen molar-refractivity contribution in [1.29, 1.82) is 0 Å². The second kappa shape index (κ2) is 7.77. The van der Waals surface area contributed by atoms with Gasteiger partial charge in [0.25, 0.3) is 0 Å². The van der Waals surface area contributed by atoms with Crippen LogP contribution in [0.2, 0.25) is 0 Å². The molecule has 1 heterocycles. The van der Waals surface area contributed by atoms with E-state index in [-0.39, 0.29) is 24.3 Å². The predicted molar refractivity (Wildman–Crippen MR) is 93.2 cm³/mol. The van der Waals surface area contributed by atoms with Gasteiger partial charge in [0.1, 0.15) is 4.32 Å². The Hall–Kier alpha value is -1.62. The summed E-state index contributed by atoms with van der Waals surface area (Å²) < 4.78 is 4.23. The first kappa shape index (κ1) is 17.7. The zero-order chi connectivity index (χ0) is 16.9. The maximum atomic E-state index is 12.6. The summed E-state index contributed by atoms with van der Waals surface area (Å²) in [6, 6.07) is 9.75. The molecule has 0 aromatic heterocycles. The molecule has 2 atom stereocenters. The van der Waals surface area contributed by atoms with E-state index in [0.717, 1.165) is 12.0 Å². The van der Waals surface area contributed by atoms with Crippen LogP contribution in [0.4, 0.5) is 0 Å². The van der Waals surface area contributed by atoms with E-state index in [1.165, 1.54) is 0 Å². The van der Waals surface area contributed by atoms with Crippen molar-refractivity contribution in [3.8, 4) is 0 Å². The van der Waals surface area contributed by atoms with Crippen LogP contribution in [0.5, 0.6) is 0 Å². The highest BCUT2D eigenvalue weighted by Crippen LogP contribution is 2.50. The molecule has 1 aromatic carbocycles. The van der Waals surface area contributed by atoms with Gasteiger partial charge in [-0.1, -0.05) is 65.3 Å². The van der Waals surface area contributed by atoms with E-state index in [1.807, 2.05) is 49.4 Å². The van der Waals surface area contributed by atoms with Gasteiger partial charge in [-0.3, -0.25) is 9.59 Å². The van der Waals surface area contributed by atoms with Gasteiger partial charge in [0.15, 0.2) is 0 Å². The Labute approximate surface area is 145 Å². The Balaban J connectivity index is 2.19. The smallest absolute Gasteiger partial charge is 0.307 e. The minimum atomic E-state index is -0.723. The molecule has 1 aromatic rings. The van der Waals surface area contributed by atoms with E-state index in [1.54, 1.807) is 11.8 Å². The SMILES string of the molecule is CC/C=C/[C@@]1(Br)C(=O)N(CCC(=O)OCC)[C@@H]1c1ccccc1. The maximum absolute atomic E-state index is 12.6. The molecule has 1 aliphatic rings. The van der Waals surface area contributed by atoms with Crippen molar-refractivity contribution in [2.24, 2.45) is 0 Å². The minimum absolute atomic E-state index is 0.0136. The third-order valence-corrected chi connectivity index (χ3v) is 4.91. The first-order valence-electron chi connectivity index (χ1n) is 7.92. The Morgan fingerprint density at radius 1 is 1.35 bits per heavy atom. The molecule has 0 aliphatic carbocycles. The number of hydrogen-bond acceptors (Lipinski definition) is 3. The topological polar surface area (TPSA) is 46.6 Å². The lowest BCUT2D eigenvalue weighted by Crippen LogP contribution is -2.64. The van der Waals surface area contributed by atoms with Crippen molar-refractivity contribution in [3.63, 3.8) is 0 Å². The molecule has 4 nitrogen and oxygen atoms in total. The van der Waals surface area contributed by atoms with E-state index in [9.17, 15) is 9.59 Å². The minimum Gasteiger partial charge on any atom is -0.466 e. The summed E-state index contributed by atoms with van der Waals surface area (Å²) in [5, 5.41) is 0. The fourth-order valence-corrected chi connectivity index (χ4v) is 3.73. The average Bonchev–Trinajstić information content (AvgIpc) is 2.56. The average molecular weight is 380 g/mol. The summed E-state index contributed by atoms with van der Waals surface area (Å²) in [5.41, 5.74) is 1.05. The van der Waals surface area contributed by atoms with Gasteiger partial charge in [0, 0.05) is 6.54 Å². The Morgan fingerprint density at radius 3 is 2.65 bits per heavy atom. The number of nitrogens with zero attached hydrogens (tertiary/aromatic N) is 1. The van der Waals surface area contributed by atoms with Gasteiger partial charge >= 0.3 is 5.97 Å². The van der Waals surface area contributed by atoms with Gasteiger partial charge in [-0.05, 0) is 18.9 Å². The highest BCUT2D eigenvalue weighted by molar-refractivity contribution is 9.10. The summed E-state index contributed by atoms with van der Waals surface area (Å²) in [6.07, 6.45) is 4.99. The van der Waals surface area contributed by atoms with Crippen molar-refractivity contribution in [1.82, 2.24) is 4.90 Å². The number of carbonyl (C=O) groups is 2. The van der Waals surface area contributed by atoms with Crippen LogP contribution >= 0.6 is 15.9 Å². The number of β-lactam (4-membered cyclic amide) rings is 1. The molecule has 0 bridgehead atoms. The molecule has 0 saturated carbocycles. The van der Waals surface area contributed by atoms with E-state index >= 15 is 0 Å². The molecule has 0 spiro atoms. The predicted octanol–water partition coefficient (Wildman–Crippen LogP) is 3.62. The summed E-state index contributed by atoms with van der Waals surface area (Å²) in [5.74, 6) is -0.288. The zero-order valence-corrected chi connectivity index (χ0v) is 15.1. The molecule has 0 radical (unpaired) electrons. The van der Waals surface area contributed by atoms with Crippen LogP contribution in [0.1, 0.15) is 38.3 Å². The van der Waals surface area contributed by atoms with E-state index in [0.29, 0.717) is 13.2 Å². The summed E-state index contributed by atoms with van der Waals surface area (Å²) in [7, 11) is 0. The van der Waals surface area contributed by atoms with Crippen molar-refractivity contribution < 1.29 is 14.3 Å². The highest BCUT2D eigenvalue weighted by atomic mass is 79.9. The number of hydrogen-bond donors (Lipinski definition) is 0. The second-order valence-corrected chi connectivity index (χ2v) is 6.76. The lowest BCUT2D eigenvalue weighted by molar-refractivity contribution is -0.152. The van der Waals surface area contributed by atoms with Crippen LogP contribution in [-0.4, -0.2) is 34.3 Å². The monoisotopic (exact) mass is 379 g/mol. The Kier molecular flexibility index (Phi) is 5.99. The van der Waals surface area contributed by atoms with Gasteiger partial charge in [0.05, 0.1) is 19.1 Å². The number of likely N-dealkylation sites (tertiary alicyclic amines) is 1. The van der Waals surface area contributed by atoms with Gasteiger partial charge in [-0.2, -0.15) is 0 Å². The summed E-state index contributed by atoms with van der Waals surface area (Å²) in [4.78, 5) is 25.9. The third kappa shape index (κ3) is 3.66. The molecule has 2 rings (SSSR count). The second-order valence-electron chi connectivity index (χ2n) is 5.45. The molecule has 23 heavy (non-hydrogen) atoms. The number of allylic oxidation sites excluding steroid dienone is 1. The standard InChI is InChI=1S/C18H22BrNO3/c1-3-5-12-18(19)16(14-9-7-6-8-10-14)20(17(18)22)13-11-15(21)23-4-2/h5-10,12,16H,3-4,11,13H2,1-2H3/b12-5+/t16-,18+/m1/s1. The Bertz CT molecular complexity index is 587. The lowest BCUT2D eigenvalue weighted by atomic mass is 9.81. The molecule has 1 fully saturated rings. The van der Waals surface area contributed by atoms with Crippen LogP contribution in [-0.2, 0) is 14.3 Å². The largest absolute Gasteiger partial charge is 0.466 e. The van der Waals surface area contributed by atoms with Crippen molar-refractivity contribution in [2.75, 3.05) is 13.2 Å². The first-order chi connectivity index (χ1) is 11.0. The van der Waals surface area contributed by atoms with E-state index in [2.05, 4.69) is 15.9 Å². The van der Waals surface area contributed by atoms with Crippen LogP contribution in [0.3, 0.4) is 0 Å². The number of halogens is 1. The normalized spacial score (nSPS) is 23.9. The molecule has 1 amide bonds. The zero-order valence-electron chi connectivity index (χ0n) is 13.5. The number of esters is 1. The number of carbonyl (C=O) groups excluding carboxylic acids is 2. The van der Waals surface area contributed by atoms with Crippen LogP contribution in [0, 0.1) is 0 Å². The molecule has 5 heteroatoms. The molecule has 1 saturated heterocycles. The molecule has 1 aliphatic heterocycles. The number of rotatable bonds is 7. The molecular weight excluding hydrogens is 358 g/mol. The molecule has 0 N–H and O–H groups in total. The molecule has 124 valence electrons. The number of ether oxygens (including phenoxy) is 1. The third-order valence-electron chi connectivity index (χ3n) is 3.87. The lowest BCUT2D eigenvalue weighted by Gasteiger charge is -2.52. The van der Waals surface area contributed by atoms with E-state index < -0.39 is 4.32 Å². The fourth-order valence-electron chi connectivity index (χ4n) is 2.80. The molecule has 0 unspecified atom stereocenters. The molecular formula is C18H22BrNO3.